The summed E-state index contributed by atoms with van der Waals surface area (Å²) in [6.45, 7) is 5.21. The van der Waals surface area contributed by atoms with E-state index in [1.54, 1.807) is 29.1 Å². The predicted molar refractivity (Wildman–Crippen MR) is 104 cm³/mol. The second-order valence-corrected chi connectivity index (χ2v) is 8.04. The van der Waals surface area contributed by atoms with Crippen LogP contribution >= 0.6 is 0 Å². The van der Waals surface area contributed by atoms with Gasteiger partial charge in [-0.3, -0.25) is 14.6 Å². The van der Waals surface area contributed by atoms with E-state index in [9.17, 15) is 9.59 Å². The van der Waals surface area contributed by atoms with Gasteiger partial charge in [-0.15, -0.1) is 0 Å². The predicted octanol–water partition coefficient (Wildman–Crippen LogP) is 1.10. The number of aryl methyl sites for hydroxylation is 1. The third-order valence-corrected chi connectivity index (χ3v) is 6.15. The molecule has 0 radical (unpaired) electrons. The molecule has 2 saturated heterocycles. The molecule has 30 heavy (non-hydrogen) atoms. The van der Waals surface area contributed by atoms with Gasteiger partial charge in [-0.25, -0.2) is 0 Å². The number of hydrogen-bond donors (Lipinski definition) is 0. The van der Waals surface area contributed by atoms with Crippen molar-refractivity contribution in [2.45, 2.75) is 38.6 Å². The van der Waals surface area contributed by atoms with Crippen molar-refractivity contribution in [1.82, 2.24) is 24.9 Å². The number of carbonyl (C=O) groups is 2. The number of hydrogen-bond acceptors (Lipinski definition) is 7. The zero-order chi connectivity index (χ0) is 20.9. The molecule has 2 fully saturated rings. The molecule has 5 rings (SSSR count). The average Bonchev–Trinajstić information content (AvgIpc) is 3.48. The molecule has 2 aromatic rings. The summed E-state index contributed by atoms with van der Waals surface area (Å²) in [7, 11) is 0. The molecule has 9 heteroatoms. The summed E-state index contributed by atoms with van der Waals surface area (Å²) < 4.78 is 11.4. The summed E-state index contributed by atoms with van der Waals surface area (Å²) in [6, 6.07) is 3.79. The van der Waals surface area contributed by atoms with Crippen LogP contribution in [0, 0.1) is 18.8 Å². The summed E-state index contributed by atoms with van der Waals surface area (Å²) in [6.07, 6.45) is 6.96. The van der Waals surface area contributed by atoms with Crippen molar-refractivity contribution in [1.29, 1.82) is 0 Å². The molecule has 0 aromatic carbocycles. The fourth-order valence-corrected chi connectivity index (χ4v) is 4.83. The summed E-state index contributed by atoms with van der Waals surface area (Å²) in [5.74, 6) is -0.330. The lowest BCUT2D eigenvalue weighted by Crippen LogP contribution is -2.45. The summed E-state index contributed by atoms with van der Waals surface area (Å²) in [5, 5.41) is 3.79. The largest absolute Gasteiger partial charge is 0.360 e. The molecule has 2 aromatic heterocycles. The van der Waals surface area contributed by atoms with Crippen LogP contribution in [-0.4, -0.2) is 61.5 Å². The summed E-state index contributed by atoms with van der Waals surface area (Å²) in [4.78, 5) is 38.6. The van der Waals surface area contributed by atoms with Crippen molar-refractivity contribution in [2.75, 3.05) is 13.1 Å². The van der Waals surface area contributed by atoms with Gasteiger partial charge in [0.25, 0.3) is 0 Å². The van der Waals surface area contributed by atoms with Crippen LogP contribution in [0.3, 0.4) is 0 Å². The molecule has 0 saturated carbocycles. The van der Waals surface area contributed by atoms with E-state index in [4.69, 9.17) is 9.26 Å². The number of rotatable bonds is 6. The molecule has 3 aliphatic rings. The second-order valence-electron chi connectivity index (χ2n) is 8.04. The first-order valence-corrected chi connectivity index (χ1v) is 10.1. The monoisotopic (exact) mass is 409 g/mol. The molecule has 156 valence electrons. The van der Waals surface area contributed by atoms with Crippen LogP contribution in [0.1, 0.15) is 24.2 Å². The minimum Gasteiger partial charge on any atom is -0.360 e. The van der Waals surface area contributed by atoms with E-state index in [0.29, 0.717) is 31.3 Å². The van der Waals surface area contributed by atoms with Crippen molar-refractivity contribution in [2.24, 2.45) is 11.8 Å². The average molecular weight is 409 g/mol. The van der Waals surface area contributed by atoms with Crippen LogP contribution in [0.25, 0.3) is 0 Å². The first-order valence-electron chi connectivity index (χ1n) is 10.1. The van der Waals surface area contributed by atoms with Gasteiger partial charge in [0.05, 0.1) is 31.0 Å². The summed E-state index contributed by atoms with van der Waals surface area (Å²) in [5.41, 5.74) is 0.218. The highest BCUT2D eigenvalue weighted by atomic mass is 16.5. The minimum absolute atomic E-state index is 0.0475. The summed E-state index contributed by atoms with van der Waals surface area (Å²) >= 11 is 0. The van der Waals surface area contributed by atoms with Crippen LogP contribution in [0.15, 0.2) is 41.2 Å². The van der Waals surface area contributed by atoms with E-state index in [1.807, 2.05) is 31.2 Å². The van der Waals surface area contributed by atoms with Gasteiger partial charge in [-0.2, -0.15) is 4.98 Å². The van der Waals surface area contributed by atoms with Gasteiger partial charge in [0.15, 0.2) is 5.82 Å². The molecule has 1 spiro atoms. The van der Waals surface area contributed by atoms with Gasteiger partial charge in [0.2, 0.25) is 17.7 Å². The molecule has 4 atom stereocenters. The lowest BCUT2D eigenvalue weighted by Gasteiger charge is -2.28. The van der Waals surface area contributed by atoms with Gasteiger partial charge in [0, 0.05) is 25.5 Å². The second kappa shape index (κ2) is 7.02. The number of amides is 2. The Morgan fingerprint density at radius 2 is 2.30 bits per heavy atom. The molecule has 2 amide bonds. The molecule has 2 bridgehead atoms. The van der Waals surface area contributed by atoms with Crippen molar-refractivity contribution in [3.63, 3.8) is 0 Å². The SMILES string of the molecule is CCN(Cc1nc(C)no1)C(=O)C1C2C(=O)N(Cc3cccnc3)C[C@@]23C=C[C@@H]1O3. The van der Waals surface area contributed by atoms with Crippen LogP contribution in [0.4, 0.5) is 0 Å². The number of ether oxygens (including phenoxy) is 1. The molecule has 3 aliphatic heterocycles. The Morgan fingerprint density at radius 1 is 1.43 bits per heavy atom. The maximum absolute atomic E-state index is 13.5. The Labute approximate surface area is 173 Å². The maximum atomic E-state index is 13.5. The molecule has 0 aliphatic carbocycles. The Hall–Kier alpha value is -3.07. The van der Waals surface area contributed by atoms with Crippen LogP contribution < -0.4 is 0 Å². The van der Waals surface area contributed by atoms with Gasteiger partial charge >= 0.3 is 0 Å². The van der Waals surface area contributed by atoms with E-state index in [2.05, 4.69) is 15.1 Å². The number of aromatic nitrogens is 3. The van der Waals surface area contributed by atoms with Crippen LogP contribution in [-0.2, 0) is 27.4 Å². The first kappa shape index (κ1) is 18.9. The van der Waals surface area contributed by atoms with Gasteiger partial charge in [-0.1, -0.05) is 23.4 Å². The normalized spacial score (nSPS) is 28.9. The highest BCUT2D eigenvalue weighted by Gasteiger charge is 2.67. The van der Waals surface area contributed by atoms with Crippen molar-refractivity contribution in [3.8, 4) is 0 Å². The highest BCUT2D eigenvalue weighted by molar-refractivity contribution is 5.93. The van der Waals surface area contributed by atoms with Gasteiger partial charge in [-0.05, 0) is 25.5 Å². The number of pyridine rings is 1. The minimum atomic E-state index is -0.731. The van der Waals surface area contributed by atoms with Gasteiger partial charge in [0.1, 0.15) is 5.60 Å². The zero-order valence-corrected chi connectivity index (χ0v) is 16.9. The zero-order valence-electron chi connectivity index (χ0n) is 16.9. The topological polar surface area (TPSA) is 102 Å². The number of likely N-dealkylation sites (tertiary alicyclic amines) is 1. The van der Waals surface area contributed by atoms with Gasteiger partial charge < -0.3 is 19.1 Å². The van der Waals surface area contributed by atoms with E-state index < -0.39 is 17.4 Å². The number of nitrogens with zero attached hydrogens (tertiary/aromatic N) is 5. The van der Waals surface area contributed by atoms with Crippen molar-refractivity contribution < 1.29 is 18.8 Å². The standard InChI is InChI=1S/C21H23N5O4/c1-3-25(11-16-23-13(2)24-30-16)19(27)17-15-6-7-21(29-15)12-26(20(28)18(17)21)10-14-5-4-8-22-9-14/h4-9,15,17-18H,3,10-12H2,1-2H3/t15-,17?,18?,21-/m0/s1. The quantitative estimate of drug-likeness (QED) is 0.659. The smallest absolute Gasteiger partial charge is 0.246 e. The maximum Gasteiger partial charge on any atom is 0.246 e. The first-order chi connectivity index (χ1) is 14.5. The Bertz CT molecular complexity index is 1010. The Balaban J connectivity index is 1.38. The van der Waals surface area contributed by atoms with Crippen molar-refractivity contribution >= 4 is 11.8 Å². The molecule has 2 unspecified atom stereocenters. The lowest BCUT2D eigenvalue weighted by molar-refractivity contribution is -0.144. The highest BCUT2D eigenvalue weighted by Crippen LogP contribution is 2.52. The molecule has 0 N–H and O–H groups in total. The molecular formula is C21H23N5O4. The molecular weight excluding hydrogens is 386 g/mol. The van der Waals surface area contributed by atoms with E-state index in [-0.39, 0.29) is 24.5 Å². The van der Waals surface area contributed by atoms with Crippen LogP contribution in [0.2, 0.25) is 0 Å². The number of carbonyl (C=O) groups excluding carboxylic acids is 2. The Kier molecular flexibility index (Phi) is 4.43. The van der Waals surface area contributed by atoms with Crippen LogP contribution in [0.5, 0.6) is 0 Å². The fourth-order valence-electron chi connectivity index (χ4n) is 4.83. The third kappa shape index (κ3) is 2.92. The number of fused-ring (bicyclic) bond motifs is 1. The third-order valence-electron chi connectivity index (χ3n) is 6.15. The van der Waals surface area contributed by atoms with E-state index in [0.717, 1.165) is 5.56 Å². The fraction of sp³-hybridized carbons (Fsp3) is 0.476. The lowest BCUT2D eigenvalue weighted by atomic mass is 9.76. The van der Waals surface area contributed by atoms with E-state index in [1.165, 1.54) is 0 Å². The van der Waals surface area contributed by atoms with Crippen molar-refractivity contribution in [3.05, 3.63) is 54.0 Å². The molecule has 5 heterocycles. The van der Waals surface area contributed by atoms with E-state index >= 15 is 0 Å². The molecule has 9 nitrogen and oxygen atoms in total. The Morgan fingerprint density at radius 3 is 3.00 bits per heavy atom.